The van der Waals surface area contributed by atoms with Gasteiger partial charge in [-0.3, -0.25) is 0 Å². The summed E-state index contributed by atoms with van der Waals surface area (Å²) in [4.78, 5) is 2.40. The first kappa shape index (κ1) is 30.8. The van der Waals surface area contributed by atoms with Crippen molar-refractivity contribution in [3.63, 3.8) is 0 Å². The Morgan fingerprint density at radius 3 is 1.80 bits per heavy atom. The van der Waals surface area contributed by atoms with Gasteiger partial charge in [0.25, 0.3) is 0 Å². The maximum absolute atomic E-state index is 7.23. The molecule has 0 spiro atoms. The zero-order chi connectivity index (χ0) is 36.0. The molecule has 0 unspecified atom stereocenters. The molecule has 0 bridgehead atoms. The Bertz CT molecular complexity index is 3040. The van der Waals surface area contributed by atoms with Crippen LogP contribution in [0.15, 0.2) is 186 Å². The fourth-order valence-electron chi connectivity index (χ4n) is 9.11. The van der Waals surface area contributed by atoms with E-state index < -0.39 is 0 Å². The SMILES string of the molecule is CC1(C)c2ccccc2-c2cc(N(c3ccccc3-c3ccccc3)c3cccc4c3oc3c(-n5c6ccccc6c6ccccc65)cccc34)ccc21. The van der Waals surface area contributed by atoms with Gasteiger partial charge in [0.2, 0.25) is 0 Å². The zero-order valence-electron chi connectivity index (χ0n) is 30.1. The standard InChI is InChI=1S/C51H36N2O/c1-51(2)42-24-10-6-19-36(42)41-32-34(30-31-43(41)51)52(44-25-11-7-18-35(44)33-16-4-3-5-17-33)47-28-14-22-39-40-23-15-29-48(50(40)54-49(39)47)53-45-26-12-8-20-37(45)38-21-9-13-27-46(38)53/h3-32H,1-2H3. The van der Waals surface area contributed by atoms with Gasteiger partial charge in [-0.15, -0.1) is 0 Å². The second-order valence-corrected chi connectivity index (χ2v) is 14.9. The summed E-state index contributed by atoms with van der Waals surface area (Å²) < 4.78 is 9.58. The Hall–Kier alpha value is -6.84. The van der Waals surface area contributed by atoms with Crippen LogP contribution in [0.2, 0.25) is 0 Å². The lowest BCUT2D eigenvalue weighted by Crippen LogP contribution is -2.15. The van der Waals surface area contributed by atoms with E-state index in [1.165, 1.54) is 33.0 Å². The number of para-hydroxylation sites is 5. The summed E-state index contributed by atoms with van der Waals surface area (Å²) >= 11 is 0. The molecule has 2 aromatic heterocycles. The van der Waals surface area contributed by atoms with Crippen molar-refractivity contribution in [2.45, 2.75) is 19.3 Å². The lowest BCUT2D eigenvalue weighted by molar-refractivity contribution is 0.660. The molecule has 11 rings (SSSR count). The van der Waals surface area contributed by atoms with E-state index in [0.717, 1.165) is 66.8 Å². The summed E-state index contributed by atoms with van der Waals surface area (Å²) in [6, 6.07) is 65.7. The molecule has 3 heteroatoms. The number of nitrogens with zero attached hydrogens (tertiary/aromatic N) is 2. The molecule has 0 saturated carbocycles. The monoisotopic (exact) mass is 692 g/mol. The highest BCUT2D eigenvalue weighted by atomic mass is 16.3. The highest BCUT2D eigenvalue weighted by molar-refractivity contribution is 6.15. The van der Waals surface area contributed by atoms with Crippen LogP contribution in [0, 0.1) is 0 Å². The first-order chi connectivity index (χ1) is 26.6. The van der Waals surface area contributed by atoms with E-state index in [-0.39, 0.29) is 5.41 Å². The van der Waals surface area contributed by atoms with E-state index in [2.05, 4.69) is 205 Å². The van der Waals surface area contributed by atoms with E-state index >= 15 is 0 Å². The van der Waals surface area contributed by atoms with Crippen molar-refractivity contribution in [3.05, 3.63) is 193 Å². The molecule has 0 aliphatic heterocycles. The number of anilines is 3. The van der Waals surface area contributed by atoms with Crippen molar-refractivity contribution >= 4 is 60.8 Å². The Morgan fingerprint density at radius 1 is 0.444 bits per heavy atom. The molecular formula is C51H36N2O. The Kier molecular flexibility index (Phi) is 6.60. The van der Waals surface area contributed by atoms with Gasteiger partial charge in [-0.2, -0.15) is 0 Å². The van der Waals surface area contributed by atoms with Crippen molar-refractivity contribution in [2.75, 3.05) is 4.90 Å². The molecule has 3 nitrogen and oxygen atoms in total. The van der Waals surface area contributed by atoms with E-state index in [9.17, 15) is 0 Å². The van der Waals surface area contributed by atoms with E-state index in [1.807, 2.05) is 0 Å². The minimum absolute atomic E-state index is 0.0841. The lowest BCUT2D eigenvalue weighted by atomic mass is 9.82. The molecule has 54 heavy (non-hydrogen) atoms. The predicted octanol–water partition coefficient (Wildman–Crippen LogP) is 14.1. The lowest BCUT2D eigenvalue weighted by Gasteiger charge is -2.29. The maximum Gasteiger partial charge on any atom is 0.159 e. The Labute approximate surface area is 314 Å². The normalized spacial score (nSPS) is 13.1. The number of furan rings is 1. The van der Waals surface area contributed by atoms with Gasteiger partial charge in [-0.05, 0) is 70.3 Å². The number of hydrogen-bond donors (Lipinski definition) is 0. The van der Waals surface area contributed by atoms with Crippen molar-refractivity contribution in [1.82, 2.24) is 4.57 Å². The molecule has 10 aromatic rings. The number of benzene rings is 8. The van der Waals surface area contributed by atoms with E-state index in [4.69, 9.17) is 4.42 Å². The van der Waals surface area contributed by atoms with Crippen LogP contribution in [0.4, 0.5) is 17.1 Å². The number of aromatic nitrogens is 1. The van der Waals surface area contributed by atoms with Crippen LogP contribution in [0.25, 0.3) is 71.7 Å². The van der Waals surface area contributed by atoms with Gasteiger partial charge in [-0.25, -0.2) is 0 Å². The molecule has 8 aromatic carbocycles. The predicted molar refractivity (Wildman–Crippen MR) is 226 cm³/mol. The van der Waals surface area contributed by atoms with Crippen LogP contribution in [0.1, 0.15) is 25.0 Å². The summed E-state index contributed by atoms with van der Waals surface area (Å²) in [5.74, 6) is 0. The summed E-state index contributed by atoms with van der Waals surface area (Å²) in [5.41, 5.74) is 15.8. The summed E-state index contributed by atoms with van der Waals surface area (Å²) in [5, 5.41) is 4.63. The van der Waals surface area contributed by atoms with E-state index in [0.29, 0.717) is 0 Å². The largest absolute Gasteiger partial charge is 0.452 e. The number of fused-ring (bicyclic) bond motifs is 9. The first-order valence-electron chi connectivity index (χ1n) is 18.7. The third kappa shape index (κ3) is 4.36. The van der Waals surface area contributed by atoms with Crippen molar-refractivity contribution in [1.29, 1.82) is 0 Å². The van der Waals surface area contributed by atoms with Crippen molar-refractivity contribution < 1.29 is 4.42 Å². The maximum atomic E-state index is 7.23. The van der Waals surface area contributed by atoms with Gasteiger partial charge < -0.3 is 13.9 Å². The third-order valence-corrected chi connectivity index (χ3v) is 11.6. The summed E-state index contributed by atoms with van der Waals surface area (Å²) in [6.07, 6.45) is 0. The first-order valence-corrected chi connectivity index (χ1v) is 18.7. The van der Waals surface area contributed by atoms with Gasteiger partial charge in [0.1, 0.15) is 0 Å². The fourth-order valence-corrected chi connectivity index (χ4v) is 9.11. The Morgan fingerprint density at radius 2 is 1.02 bits per heavy atom. The molecule has 256 valence electrons. The summed E-state index contributed by atoms with van der Waals surface area (Å²) in [6.45, 7) is 4.67. The van der Waals surface area contributed by atoms with Crippen LogP contribution in [0.3, 0.4) is 0 Å². The van der Waals surface area contributed by atoms with Crippen molar-refractivity contribution in [2.24, 2.45) is 0 Å². The van der Waals surface area contributed by atoms with E-state index in [1.54, 1.807) is 0 Å². The average molecular weight is 693 g/mol. The summed E-state index contributed by atoms with van der Waals surface area (Å²) in [7, 11) is 0. The third-order valence-electron chi connectivity index (χ3n) is 11.6. The van der Waals surface area contributed by atoms with Gasteiger partial charge in [0.15, 0.2) is 11.2 Å². The molecule has 0 amide bonds. The minimum atomic E-state index is -0.0841. The van der Waals surface area contributed by atoms with Gasteiger partial charge in [0, 0.05) is 38.2 Å². The molecule has 0 saturated heterocycles. The molecule has 0 radical (unpaired) electrons. The molecule has 1 aliphatic rings. The zero-order valence-corrected chi connectivity index (χ0v) is 30.1. The highest BCUT2D eigenvalue weighted by Crippen LogP contribution is 2.52. The number of rotatable bonds is 5. The molecule has 2 heterocycles. The van der Waals surface area contributed by atoms with Crippen LogP contribution in [0.5, 0.6) is 0 Å². The Balaban J connectivity index is 1.20. The quantitative estimate of drug-likeness (QED) is 0.179. The van der Waals surface area contributed by atoms with Crippen LogP contribution in [-0.4, -0.2) is 4.57 Å². The molecule has 0 atom stereocenters. The molecule has 0 fully saturated rings. The van der Waals surface area contributed by atoms with Gasteiger partial charge >= 0.3 is 0 Å². The average Bonchev–Trinajstić information content (AvgIpc) is 3.85. The molecular weight excluding hydrogens is 657 g/mol. The van der Waals surface area contributed by atoms with Gasteiger partial charge in [0.05, 0.1) is 28.1 Å². The minimum Gasteiger partial charge on any atom is -0.452 e. The second kappa shape index (κ2) is 11.6. The highest BCUT2D eigenvalue weighted by Gasteiger charge is 2.36. The molecule has 0 N–H and O–H groups in total. The smallest absolute Gasteiger partial charge is 0.159 e. The van der Waals surface area contributed by atoms with Crippen LogP contribution in [-0.2, 0) is 5.41 Å². The van der Waals surface area contributed by atoms with Crippen LogP contribution < -0.4 is 4.90 Å². The topological polar surface area (TPSA) is 21.3 Å². The fraction of sp³-hybridized carbons (Fsp3) is 0.0588. The van der Waals surface area contributed by atoms with Gasteiger partial charge in [-0.1, -0.05) is 153 Å². The van der Waals surface area contributed by atoms with Crippen LogP contribution >= 0.6 is 0 Å². The number of hydrogen-bond acceptors (Lipinski definition) is 2. The molecule has 1 aliphatic carbocycles. The van der Waals surface area contributed by atoms with Crippen molar-refractivity contribution in [3.8, 4) is 27.9 Å². The second-order valence-electron chi connectivity index (χ2n) is 14.9.